The molecule has 1 aromatic heterocycles. The topological polar surface area (TPSA) is 46.9 Å². The van der Waals surface area contributed by atoms with Gasteiger partial charge in [0.1, 0.15) is 5.82 Å². The molecule has 0 radical (unpaired) electrons. The maximum atomic E-state index is 12.3. The summed E-state index contributed by atoms with van der Waals surface area (Å²) in [6.07, 6.45) is 7.78. The number of amides is 1. The fraction of sp³-hybridized carbons (Fsp3) is 0.750. The van der Waals surface area contributed by atoms with E-state index in [0.29, 0.717) is 17.9 Å². The minimum Gasteiger partial charge on any atom is -0.355 e. The maximum absolute atomic E-state index is 12.3. The van der Waals surface area contributed by atoms with Crippen molar-refractivity contribution in [3.63, 3.8) is 0 Å². The number of carbonyl (C=O) groups is 1. The molecule has 4 nitrogen and oxygen atoms in total. The molecule has 112 valence electrons. The molecule has 0 aromatic carbocycles. The van der Waals surface area contributed by atoms with Crippen molar-refractivity contribution in [1.29, 1.82) is 0 Å². The lowest BCUT2D eigenvalue weighted by Gasteiger charge is -2.38. The average Bonchev–Trinajstić information content (AvgIpc) is 2.72. The Balaban J connectivity index is 1.81. The van der Waals surface area contributed by atoms with E-state index in [1.807, 2.05) is 17.8 Å². The number of rotatable bonds is 4. The molecule has 0 spiro atoms. The fourth-order valence-corrected chi connectivity index (χ4v) is 3.63. The number of hydrogen-bond donors (Lipinski definition) is 1. The molecule has 2 rings (SSSR count). The van der Waals surface area contributed by atoms with Crippen molar-refractivity contribution >= 4 is 5.91 Å². The Morgan fingerprint density at radius 3 is 2.85 bits per heavy atom. The molecule has 2 atom stereocenters. The summed E-state index contributed by atoms with van der Waals surface area (Å²) in [6, 6.07) is 0. The molecule has 1 aromatic rings. The van der Waals surface area contributed by atoms with Crippen molar-refractivity contribution in [2.45, 2.75) is 46.5 Å². The van der Waals surface area contributed by atoms with Crippen LogP contribution >= 0.6 is 0 Å². The Kier molecular flexibility index (Phi) is 4.51. The smallest absolute Gasteiger partial charge is 0.223 e. The summed E-state index contributed by atoms with van der Waals surface area (Å²) in [4.78, 5) is 16.6. The molecule has 1 N–H and O–H groups in total. The summed E-state index contributed by atoms with van der Waals surface area (Å²) in [5.41, 5.74) is 0.291. The Morgan fingerprint density at radius 1 is 1.50 bits per heavy atom. The van der Waals surface area contributed by atoms with Gasteiger partial charge in [-0.2, -0.15) is 0 Å². The monoisotopic (exact) mass is 277 g/mol. The van der Waals surface area contributed by atoms with Crippen molar-refractivity contribution < 1.29 is 4.79 Å². The highest BCUT2D eigenvalue weighted by molar-refractivity contribution is 5.78. The first-order valence-electron chi connectivity index (χ1n) is 7.61. The van der Waals surface area contributed by atoms with Gasteiger partial charge in [-0.15, -0.1) is 0 Å². The number of carbonyl (C=O) groups excluding carboxylic acids is 1. The van der Waals surface area contributed by atoms with Gasteiger partial charge in [0.2, 0.25) is 5.91 Å². The first kappa shape index (κ1) is 15.1. The van der Waals surface area contributed by atoms with Gasteiger partial charge in [-0.25, -0.2) is 4.98 Å². The van der Waals surface area contributed by atoms with E-state index in [4.69, 9.17) is 0 Å². The quantitative estimate of drug-likeness (QED) is 0.919. The first-order chi connectivity index (χ1) is 9.37. The van der Waals surface area contributed by atoms with E-state index in [2.05, 4.69) is 31.1 Å². The first-order valence-corrected chi connectivity index (χ1v) is 7.61. The third-order valence-corrected chi connectivity index (χ3v) is 4.33. The van der Waals surface area contributed by atoms with E-state index < -0.39 is 0 Å². The van der Waals surface area contributed by atoms with Crippen LogP contribution in [0.1, 0.15) is 45.9 Å². The number of aryl methyl sites for hydroxylation is 1. The lowest BCUT2D eigenvalue weighted by molar-refractivity contribution is -0.127. The zero-order valence-corrected chi connectivity index (χ0v) is 13.1. The van der Waals surface area contributed by atoms with Crippen LogP contribution in [0.4, 0.5) is 0 Å². The van der Waals surface area contributed by atoms with Crippen molar-refractivity contribution in [2.24, 2.45) is 24.3 Å². The lowest BCUT2D eigenvalue weighted by Crippen LogP contribution is -2.39. The molecular weight excluding hydrogens is 250 g/mol. The number of nitrogens with one attached hydrogen (secondary N) is 1. The highest BCUT2D eigenvalue weighted by atomic mass is 16.1. The van der Waals surface area contributed by atoms with Crippen LogP contribution in [0.5, 0.6) is 0 Å². The van der Waals surface area contributed by atoms with Gasteiger partial charge in [-0.3, -0.25) is 4.79 Å². The lowest BCUT2D eigenvalue weighted by atomic mass is 9.68. The molecule has 1 aliphatic carbocycles. The number of aromatic nitrogens is 2. The predicted molar refractivity (Wildman–Crippen MR) is 80.2 cm³/mol. The molecular formula is C16H27N3O. The molecule has 20 heavy (non-hydrogen) atoms. The minimum absolute atomic E-state index is 0.176. The van der Waals surface area contributed by atoms with E-state index >= 15 is 0 Å². The van der Waals surface area contributed by atoms with Gasteiger partial charge in [0.25, 0.3) is 0 Å². The van der Waals surface area contributed by atoms with Crippen LogP contribution < -0.4 is 5.32 Å². The predicted octanol–water partition coefficient (Wildman–Crippen LogP) is 2.54. The molecule has 1 saturated carbocycles. The molecule has 0 unspecified atom stereocenters. The normalized spacial score (nSPS) is 25.4. The summed E-state index contributed by atoms with van der Waals surface area (Å²) >= 11 is 0. The van der Waals surface area contributed by atoms with Crippen LogP contribution in [0.2, 0.25) is 0 Å². The van der Waals surface area contributed by atoms with Gasteiger partial charge in [0.15, 0.2) is 0 Å². The average molecular weight is 277 g/mol. The van der Waals surface area contributed by atoms with Gasteiger partial charge in [-0.05, 0) is 30.6 Å². The van der Waals surface area contributed by atoms with E-state index in [9.17, 15) is 4.79 Å². The summed E-state index contributed by atoms with van der Waals surface area (Å²) in [7, 11) is 1.98. The Bertz CT molecular complexity index is 464. The van der Waals surface area contributed by atoms with E-state index in [-0.39, 0.29) is 11.8 Å². The van der Waals surface area contributed by atoms with Gasteiger partial charge < -0.3 is 9.88 Å². The second-order valence-corrected chi connectivity index (χ2v) is 7.11. The maximum Gasteiger partial charge on any atom is 0.223 e. The second-order valence-electron chi connectivity index (χ2n) is 7.11. The summed E-state index contributed by atoms with van der Waals surface area (Å²) in [5.74, 6) is 2.06. The Labute approximate surface area is 122 Å². The molecule has 1 fully saturated rings. The molecule has 0 saturated heterocycles. The van der Waals surface area contributed by atoms with Gasteiger partial charge in [0, 0.05) is 38.3 Å². The SMILES string of the molecule is C[C@@H]1C[C@H](C(=O)NCCc2nccn2C)CC(C)(C)C1. The van der Waals surface area contributed by atoms with Crippen LogP contribution in [0, 0.1) is 17.3 Å². The van der Waals surface area contributed by atoms with E-state index in [1.54, 1.807) is 6.20 Å². The van der Waals surface area contributed by atoms with Crippen LogP contribution in [0.25, 0.3) is 0 Å². The van der Waals surface area contributed by atoms with Crippen molar-refractivity contribution in [3.8, 4) is 0 Å². The van der Waals surface area contributed by atoms with Crippen molar-refractivity contribution in [2.75, 3.05) is 6.54 Å². The minimum atomic E-state index is 0.176. The van der Waals surface area contributed by atoms with Gasteiger partial charge in [-0.1, -0.05) is 20.8 Å². The van der Waals surface area contributed by atoms with Crippen LogP contribution in [0.15, 0.2) is 12.4 Å². The third kappa shape index (κ3) is 3.84. The van der Waals surface area contributed by atoms with Crippen LogP contribution in [-0.4, -0.2) is 22.0 Å². The van der Waals surface area contributed by atoms with Crippen molar-refractivity contribution in [1.82, 2.24) is 14.9 Å². The fourth-order valence-electron chi connectivity index (χ4n) is 3.63. The molecule has 0 bridgehead atoms. The second kappa shape index (κ2) is 5.98. The van der Waals surface area contributed by atoms with Gasteiger partial charge in [0.05, 0.1) is 0 Å². The van der Waals surface area contributed by atoms with Crippen molar-refractivity contribution in [3.05, 3.63) is 18.2 Å². The number of nitrogens with zero attached hydrogens (tertiary/aromatic N) is 2. The standard InChI is InChI=1S/C16H27N3O/c1-12-9-13(11-16(2,3)10-12)15(20)18-6-5-14-17-7-8-19(14)4/h7-8,12-13H,5-6,9-11H2,1-4H3,(H,18,20)/t12-,13+/m1/s1. The molecule has 0 aliphatic heterocycles. The zero-order chi connectivity index (χ0) is 14.8. The van der Waals surface area contributed by atoms with Crippen LogP contribution in [-0.2, 0) is 18.3 Å². The summed E-state index contributed by atoms with van der Waals surface area (Å²) in [6.45, 7) is 7.48. The highest BCUT2D eigenvalue weighted by Crippen LogP contribution is 2.41. The number of imidazole rings is 1. The summed E-state index contributed by atoms with van der Waals surface area (Å²) < 4.78 is 2.00. The highest BCUT2D eigenvalue weighted by Gasteiger charge is 2.35. The van der Waals surface area contributed by atoms with E-state index in [0.717, 1.165) is 25.1 Å². The third-order valence-electron chi connectivity index (χ3n) is 4.33. The van der Waals surface area contributed by atoms with Gasteiger partial charge >= 0.3 is 0 Å². The zero-order valence-electron chi connectivity index (χ0n) is 13.1. The van der Waals surface area contributed by atoms with E-state index in [1.165, 1.54) is 6.42 Å². The summed E-state index contributed by atoms with van der Waals surface area (Å²) in [5, 5.41) is 3.08. The molecule has 1 heterocycles. The number of hydrogen-bond acceptors (Lipinski definition) is 2. The Morgan fingerprint density at radius 2 is 2.25 bits per heavy atom. The molecule has 1 amide bonds. The van der Waals surface area contributed by atoms with Crippen LogP contribution in [0.3, 0.4) is 0 Å². The molecule has 4 heteroatoms. The Hall–Kier alpha value is -1.32. The molecule has 1 aliphatic rings. The largest absolute Gasteiger partial charge is 0.355 e.